The topological polar surface area (TPSA) is 24.9 Å². The second-order valence-electron chi connectivity index (χ2n) is 3.73. The van der Waals surface area contributed by atoms with Crippen molar-refractivity contribution in [3.63, 3.8) is 0 Å². The van der Waals surface area contributed by atoms with E-state index in [-0.39, 0.29) is 11.9 Å². The van der Waals surface area contributed by atoms with Gasteiger partial charge in [0, 0.05) is 6.20 Å². The molecule has 0 aliphatic carbocycles. The zero-order valence-corrected chi connectivity index (χ0v) is 8.17. The minimum absolute atomic E-state index is 0.110. The van der Waals surface area contributed by atoms with Crippen LogP contribution in [0.5, 0.6) is 0 Å². The minimum atomic E-state index is -0.188. The molecule has 2 nitrogen and oxygen atoms in total. The fourth-order valence-corrected chi connectivity index (χ4v) is 1.92. The number of aromatic nitrogens is 1. The quantitative estimate of drug-likeness (QED) is 0.742. The Morgan fingerprint density at radius 1 is 1.36 bits per heavy atom. The maximum absolute atomic E-state index is 13.4. The van der Waals surface area contributed by atoms with Crippen LogP contribution in [0.25, 0.3) is 0 Å². The van der Waals surface area contributed by atoms with Crippen LogP contribution in [0.4, 0.5) is 4.39 Å². The number of halogens is 1. The number of hydrogen-bond donors (Lipinski definition) is 1. The van der Waals surface area contributed by atoms with E-state index in [0.29, 0.717) is 5.69 Å². The van der Waals surface area contributed by atoms with Gasteiger partial charge in [-0.05, 0) is 31.5 Å². The average molecular weight is 194 g/mol. The summed E-state index contributed by atoms with van der Waals surface area (Å²) in [5.41, 5.74) is 0.578. The molecule has 0 saturated carbocycles. The summed E-state index contributed by atoms with van der Waals surface area (Å²) in [5.74, 6) is -0.188. The van der Waals surface area contributed by atoms with Crippen molar-refractivity contribution in [3.05, 3.63) is 29.8 Å². The van der Waals surface area contributed by atoms with E-state index in [2.05, 4.69) is 10.3 Å². The Kier molecular flexibility index (Phi) is 3.09. The van der Waals surface area contributed by atoms with Crippen molar-refractivity contribution in [1.29, 1.82) is 0 Å². The predicted octanol–water partition coefficient (Wildman–Crippen LogP) is 2.43. The molecule has 0 radical (unpaired) electrons. The van der Waals surface area contributed by atoms with Crippen LogP contribution < -0.4 is 5.32 Å². The van der Waals surface area contributed by atoms with Gasteiger partial charge >= 0.3 is 0 Å². The third-order valence-corrected chi connectivity index (χ3v) is 2.68. The van der Waals surface area contributed by atoms with Gasteiger partial charge in [-0.15, -0.1) is 0 Å². The van der Waals surface area contributed by atoms with Crippen molar-refractivity contribution in [1.82, 2.24) is 10.3 Å². The summed E-state index contributed by atoms with van der Waals surface area (Å²) in [6.07, 6.45) is 6.23. The average Bonchev–Trinajstić information content (AvgIpc) is 2.47. The molecule has 0 spiro atoms. The van der Waals surface area contributed by atoms with Crippen molar-refractivity contribution in [2.45, 2.75) is 31.7 Å². The van der Waals surface area contributed by atoms with Crippen LogP contribution in [0.1, 0.15) is 37.4 Å². The monoisotopic (exact) mass is 194 g/mol. The van der Waals surface area contributed by atoms with Gasteiger partial charge in [-0.2, -0.15) is 0 Å². The van der Waals surface area contributed by atoms with Crippen LogP contribution in [0.3, 0.4) is 0 Å². The van der Waals surface area contributed by atoms with E-state index in [1.807, 2.05) is 0 Å². The normalized spacial score (nSPS) is 23.1. The lowest BCUT2D eigenvalue weighted by molar-refractivity contribution is 0.484. The second-order valence-corrected chi connectivity index (χ2v) is 3.73. The largest absolute Gasteiger partial charge is 0.309 e. The molecule has 1 saturated heterocycles. The van der Waals surface area contributed by atoms with Gasteiger partial charge < -0.3 is 5.32 Å². The van der Waals surface area contributed by atoms with Gasteiger partial charge in [0.25, 0.3) is 0 Å². The lowest BCUT2D eigenvalue weighted by Gasteiger charge is -2.15. The molecule has 1 N–H and O–H groups in total. The molecular formula is C11H15FN2. The van der Waals surface area contributed by atoms with E-state index in [4.69, 9.17) is 0 Å². The fourth-order valence-electron chi connectivity index (χ4n) is 1.92. The summed E-state index contributed by atoms with van der Waals surface area (Å²) in [6, 6.07) is 3.23. The molecule has 2 rings (SSSR count). The van der Waals surface area contributed by atoms with Crippen molar-refractivity contribution < 1.29 is 4.39 Å². The molecule has 0 amide bonds. The van der Waals surface area contributed by atoms with Crippen molar-refractivity contribution in [2.24, 2.45) is 0 Å². The fraction of sp³-hybridized carbons (Fsp3) is 0.545. The molecule has 1 atom stereocenters. The number of hydrogen-bond acceptors (Lipinski definition) is 2. The van der Waals surface area contributed by atoms with Crippen LogP contribution in [0.2, 0.25) is 0 Å². The molecule has 0 bridgehead atoms. The van der Waals surface area contributed by atoms with Gasteiger partial charge in [-0.3, -0.25) is 4.98 Å². The first-order chi connectivity index (χ1) is 6.88. The molecule has 2 heterocycles. The molecule has 1 aliphatic rings. The Hall–Kier alpha value is -0.960. The highest BCUT2D eigenvalue weighted by atomic mass is 19.1. The van der Waals surface area contributed by atoms with E-state index in [1.54, 1.807) is 12.3 Å². The lowest BCUT2D eigenvalue weighted by atomic mass is 10.1. The summed E-state index contributed by atoms with van der Waals surface area (Å²) in [4.78, 5) is 4.11. The highest BCUT2D eigenvalue weighted by molar-refractivity contribution is 5.11. The van der Waals surface area contributed by atoms with E-state index in [1.165, 1.54) is 18.9 Å². The van der Waals surface area contributed by atoms with Gasteiger partial charge in [0.15, 0.2) is 0 Å². The highest BCUT2D eigenvalue weighted by Crippen LogP contribution is 2.22. The lowest BCUT2D eigenvalue weighted by Crippen LogP contribution is -2.22. The summed E-state index contributed by atoms with van der Waals surface area (Å²) in [5, 5.41) is 3.34. The molecule has 0 aromatic carbocycles. The number of pyridine rings is 1. The summed E-state index contributed by atoms with van der Waals surface area (Å²) in [6.45, 7) is 0.973. The Labute approximate surface area is 83.6 Å². The molecule has 1 aromatic rings. The van der Waals surface area contributed by atoms with Crippen molar-refractivity contribution >= 4 is 0 Å². The zero-order chi connectivity index (χ0) is 9.80. The Morgan fingerprint density at radius 3 is 3.14 bits per heavy atom. The van der Waals surface area contributed by atoms with E-state index in [0.717, 1.165) is 19.4 Å². The SMILES string of the molecule is Fc1cccnc1C1CCCCCN1. The number of nitrogens with zero attached hydrogens (tertiary/aromatic N) is 1. The van der Waals surface area contributed by atoms with E-state index >= 15 is 0 Å². The summed E-state index contributed by atoms with van der Waals surface area (Å²) < 4.78 is 13.4. The molecule has 1 aromatic heterocycles. The molecule has 14 heavy (non-hydrogen) atoms. The maximum atomic E-state index is 13.4. The molecule has 1 fully saturated rings. The van der Waals surface area contributed by atoms with Gasteiger partial charge in [-0.1, -0.05) is 12.8 Å². The van der Waals surface area contributed by atoms with Gasteiger partial charge in [0.05, 0.1) is 11.7 Å². The number of nitrogens with one attached hydrogen (secondary N) is 1. The minimum Gasteiger partial charge on any atom is -0.309 e. The van der Waals surface area contributed by atoms with Crippen LogP contribution in [0, 0.1) is 5.82 Å². The van der Waals surface area contributed by atoms with Crippen molar-refractivity contribution in [2.75, 3.05) is 6.54 Å². The number of rotatable bonds is 1. The first-order valence-electron chi connectivity index (χ1n) is 5.22. The molecule has 1 aliphatic heterocycles. The van der Waals surface area contributed by atoms with Crippen LogP contribution >= 0.6 is 0 Å². The third kappa shape index (κ3) is 2.10. The van der Waals surface area contributed by atoms with Gasteiger partial charge in [0.2, 0.25) is 0 Å². The zero-order valence-electron chi connectivity index (χ0n) is 8.17. The smallest absolute Gasteiger partial charge is 0.146 e. The molecule has 1 unspecified atom stereocenters. The molecule has 3 heteroatoms. The molecule has 76 valence electrons. The van der Waals surface area contributed by atoms with Crippen molar-refractivity contribution in [3.8, 4) is 0 Å². The van der Waals surface area contributed by atoms with Gasteiger partial charge in [-0.25, -0.2) is 4.39 Å². The van der Waals surface area contributed by atoms with Crippen LogP contribution in [-0.2, 0) is 0 Å². The Morgan fingerprint density at radius 2 is 2.29 bits per heavy atom. The Bertz CT molecular complexity index is 293. The third-order valence-electron chi connectivity index (χ3n) is 2.68. The first-order valence-corrected chi connectivity index (χ1v) is 5.22. The van der Waals surface area contributed by atoms with Crippen LogP contribution in [-0.4, -0.2) is 11.5 Å². The second kappa shape index (κ2) is 4.51. The predicted molar refractivity (Wildman–Crippen MR) is 53.4 cm³/mol. The van der Waals surface area contributed by atoms with Crippen LogP contribution in [0.15, 0.2) is 18.3 Å². The summed E-state index contributed by atoms with van der Waals surface area (Å²) in [7, 11) is 0. The summed E-state index contributed by atoms with van der Waals surface area (Å²) >= 11 is 0. The van der Waals surface area contributed by atoms with E-state index in [9.17, 15) is 4.39 Å². The highest BCUT2D eigenvalue weighted by Gasteiger charge is 2.17. The first kappa shape index (κ1) is 9.59. The van der Waals surface area contributed by atoms with Gasteiger partial charge in [0.1, 0.15) is 5.82 Å². The van der Waals surface area contributed by atoms with E-state index < -0.39 is 0 Å². The maximum Gasteiger partial charge on any atom is 0.146 e. The molecular weight excluding hydrogens is 179 g/mol. The Balaban J connectivity index is 2.16. The standard InChI is InChI=1S/C11H15FN2/c12-9-5-4-8-14-11(9)10-6-2-1-3-7-13-10/h4-5,8,10,13H,1-3,6-7H2.